The molecular weight excluding hydrogens is 230 g/mol. The zero-order valence-corrected chi connectivity index (χ0v) is 10.6. The Morgan fingerprint density at radius 1 is 1.50 bits per heavy atom. The van der Waals surface area contributed by atoms with Crippen molar-refractivity contribution in [2.24, 2.45) is 0 Å². The lowest BCUT2D eigenvalue weighted by atomic mass is 10.1. The number of benzene rings is 1. The van der Waals surface area contributed by atoms with Crippen LogP contribution in [0.25, 0.3) is 0 Å². The molecular formula is C13H19N3O2. The van der Waals surface area contributed by atoms with Gasteiger partial charge in [-0.15, -0.1) is 0 Å². The molecule has 5 nitrogen and oxygen atoms in total. The van der Waals surface area contributed by atoms with Crippen molar-refractivity contribution < 1.29 is 4.92 Å². The molecule has 18 heavy (non-hydrogen) atoms. The number of rotatable bonds is 5. The Labute approximate surface area is 107 Å². The van der Waals surface area contributed by atoms with Crippen molar-refractivity contribution in [3.8, 4) is 0 Å². The first-order valence-corrected chi connectivity index (χ1v) is 6.31. The van der Waals surface area contributed by atoms with Crippen LogP contribution in [0.5, 0.6) is 0 Å². The molecule has 1 unspecified atom stereocenters. The molecule has 1 N–H and O–H groups in total. The minimum atomic E-state index is -0.309. The maximum atomic E-state index is 10.9. The average Bonchev–Trinajstić information content (AvgIpc) is 2.82. The highest BCUT2D eigenvalue weighted by Gasteiger charge is 2.18. The molecule has 1 aliphatic heterocycles. The number of likely N-dealkylation sites (N-methyl/N-ethyl adjacent to an activating group) is 1. The molecule has 0 radical (unpaired) electrons. The minimum Gasteiger partial charge on any atom is -0.313 e. The first-order chi connectivity index (χ1) is 8.66. The van der Waals surface area contributed by atoms with Gasteiger partial charge in [0.05, 0.1) is 4.92 Å². The van der Waals surface area contributed by atoms with Gasteiger partial charge in [0.2, 0.25) is 0 Å². The van der Waals surface area contributed by atoms with E-state index in [1.54, 1.807) is 12.1 Å². The summed E-state index contributed by atoms with van der Waals surface area (Å²) in [6.45, 7) is 2.64. The Hall–Kier alpha value is -1.46. The van der Waals surface area contributed by atoms with Crippen molar-refractivity contribution in [2.75, 3.05) is 20.1 Å². The lowest BCUT2D eigenvalue weighted by Gasteiger charge is -2.20. The maximum Gasteiger partial charge on any atom is 0.273 e. The number of para-hydroxylation sites is 1. The van der Waals surface area contributed by atoms with Crippen molar-refractivity contribution in [3.05, 3.63) is 39.9 Å². The number of nitro benzene ring substituents is 1. The van der Waals surface area contributed by atoms with Crippen LogP contribution < -0.4 is 5.32 Å². The molecule has 0 amide bonds. The fraction of sp³-hybridized carbons (Fsp3) is 0.538. The molecule has 0 aromatic heterocycles. The molecule has 1 heterocycles. The second-order valence-corrected chi connectivity index (χ2v) is 4.88. The standard InChI is InChI=1S/C13H19N3O2/c1-15(10-12-6-4-8-14-12)9-11-5-2-3-7-13(11)16(17)18/h2-3,5,7,12,14H,4,6,8-10H2,1H3. The summed E-state index contributed by atoms with van der Waals surface area (Å²) in [6.07, 6.45) is 2.42. The van der Waals surface area contributed by atoms with Gasteiger partial charge in [-0.3, -0.25) is 10.1 Å². The zero-order chi connectivity index (χ0) is 13.0. The van der Waals surface area contributed by atoms with Crippen molar-refractivity contribution >= 4 is 5.69 Å². The van der Waals surface area contributed by atoms with Gasteiger partial charge in [-0.2, -0.15) is 0 Å². The van der Waals surface area contributed by atoms with E-state index in [0.29, 0.717) is 12.6 Å². The maximum absolute atomic E-state index is 10.9. The highest BCUT2D eigenvalue weighted by atomic mass is 16.6. The molecule has 5 heteroatoms. The SMILES string of the molecule is CN(Cc1ccccc1[N+](=O)[O-])CC1CCCN1. The molecule has 0 aliphatic carbocycles. The Balaban J connectivity index is 1.97. The molecule has 1 aromatic carbocycles. The largest absolute Gasteiger partial charge is 0.313 e. The third-order valence-electron chi connectivity index (χ3n) is 3.32. The monoisotopic (exact) mass is 249 g/mol. The Kier molecular flexibility index (Phi) is 4.28. The fourth-order valence-corrected chi connectivity index (χ4v) is 2.47. The normalized spacial score (nSPS) is 19.3. The quantitative estimate of drug-likeness (QED) is 0.638. The summed E-state index contributed by atoms with van der Waals surface area (Å²) in [5.41, 5.74) is 0.992. The fourth-order valence-electron chi connectivity index (χ4n) is 2.47. The average molecular weight is 249 g/mol. The molecule has 1 atom stereocenters. The van der Waals surface area contributed by atoms with Gasteiger partial charge in [0.25, 0.3) is 5.69 Å². The van der Waals surface area contributed by atoms with Gasteiger partial charge in [0, 0.05) is 30.8 Å². The Morgan fingerprint density at radius 2 is 2.28 bits per heavy atom. The first-order valence-electron chi connectivity index (χ1n) is 6.31. The van der Waals surface area contributed by atoms with Gasteiger partial charge < -0.3 is 10.2 Å². The van der Waals surface area contributed by atoms with Crippen molar-refractivity contribution in [1.29, 1.82) is 0 Å². The van der Waals surface area contributed by atoms with E-state index in [9.17, 15) is 10.1 Å². The van der Waals surface area contributed by atoms with Crippen LogP contribution >= 0.6 is 0 Å². The molecule has 1 aliphatic rings. The smallest absolute Gasteiger partial charge is 0.273 e. The molecule has 1 fully saturated rings. The number of nitro groups is 1. The van der Waals surface area contributed by atoms with Gasteiger partial charge in [0.1, 0.15) is 0 Å². The number of hydrogen-bond acceptors (Lipinski definition) is 4. The van der Waals surface area contributed by atoms with E-state index in [-0.39, 0.29) is 10.6 Å². The van der Waals surface area contributed by atoms with E-state index < -0.39 is 0 Å². The van der Waals surface area contributed by atoms with Gasteiger partial charge in [-0.05, 0) is 26.4 Å². The second-order valence-electron chi connectivity index (χ2n) is 4.88. The number of hydrogen-bond donors (Lipinski definition) is 1. The molecule has 0 saturated carbocycles. The highest BCUT2D eigenvalue weighted by molar-refractivity contribution is 5.39. The van der Waals surface area contributed by atoms with E-state index in [0.717, 1.165) is 18.7 Å². The van der Waals surface area contributed by atoms with Crippen LogP contribution in [0.4, 0.5) is 5.69 Å². The lowest BCUT2D eigenvalue weighted by Crippen LogP contribution is -2.35. The summed E-state index contributed by atoms with van der Waals surface area (Å²) in [5, 5.41) is 14.4. The first kappa shape index (κ1) is 13.0. The predicted octanol–water partition coefficient (Wildman–Crippen LogP) is 1.78. The topological polar surface area (TPSA) is 58.4 Å². The lowest BCUT2D eigenvalue weighted by molar-refractivity contribution is -0.385. The predicted molar refractivity (Wildman–Crippen MR) is 70.5 cm³/mol. The Bertz CT molecular complexity index is 416. The van der Waals surface area contributed by atoms with Gasteiger partial charge in [-0.1, -0.05) is 18.2 Å². The van der Waals surface area contributed by atoms with E-state index in [1.807, 2.05) is 19.2 Å². The summed E-state index contributed by atoms with van der Waals surface area (Å²) >= 11 is 0. The van der Waals surface area contributed by atoms with Crippen LogP contribution in [0.1, 0.15) is 18.4 Å². The molecule has 1 saturated heterocycles. The summed E-state index contributed by atoms with van der Waals surface area (Å²) < 4.78 is 0. The second kappa shape index (κ2) is 5.93. The third kappa shape index (κ3) is 3.27. The summed E-state index contributed by atoms with van der Waals surface area (Å²) in [5.74, 6) is 0. The van der Waals surface area contributed by atoms with Crippen LogP contribution in [-0.4, -0.2) is 36.0 Å². The molecule has 2 rings (SSSR count). The van der Waals surface area contributed by atoms with E-state index in [1.165, 1.54) is 12.8 Å². The highest BCUT2D eigenvalue weighted by Crippen LogP contribution is 2.19. The number of nitrogens with one attached hydrogen (secondary N) is 1. The van der Waals surface area contributed by atoms with E-state index in [2.05, 4.69) is 10.2 Å². The van der Waals surface area contributed by atoms with Crippen molar-refractivity contribution in [2.45, 2.75) is 25.4 Å². The molecule has 1 aromatic rings. The van der Waals surface area contributed by atoms with Crippen LogP contribution in [0.2, 0.25) is 0 Å². The van der Waals surface area contributed by atoms with Gasteiger partial charge in [0.15, 0.2) is 0 Å². The Morgan fingerprint density at radius 3 is 2.94 bits per heavy atom. The van der Waals surface area contributed by atoms with Gasteiger partial charge >= 0.3 is 0 Å². The zero-order valence-electron chi connectivity index (χ0n) is 10.6. The van der Waals surface area contributed by atoms with Crippen LogP contribution in [0, 0.1) is 10.1 Å². The molecule has 0 bridgehead atoms. The van der Waals surface area contributed by atoms with Crippen LogP contribution in [-0.2, 0) is 6.54 Å². The number of nitrogens with zero attached hydrogens (tertiary/aromatic N) is 2. The summed E-state index contributed by atoms with van der Waals surface area (Å²) in [4.78, 5) is 12.8. The van der Waals surface area contributed by atoms with Crippen molar-refractivity contribution in [3.63, 3.8) is 0 Å². The van der Waals surface area contributed by atoms with Gasteiger partial charge in [-0.25, -0.2) is 0 Å². The van der Waals surface area contributed by atoms with Crippen LogP contribution in [0.15, 0.2) is 24.3 Å². The van der Waals surface area contributed by atoms with Crippen LogP contribution in [0.3, 0.4) is 0 Å². The third-order valence-corrected chi connectivity index (χ3v) is 3.32. The molecule has 98 valence electrons. The summed E-state index contributed by atoms with van der Waals surface area (Å²) in [7, 11) is 2.01. The minimum absolute atomic E-state index is 0.212. The van der Waals surface area contributed by atoms with E-state index in [4.69, 9.17) is 0 Å². The van der Waals surface area contributed by atoms with E-state index >= 15 is 0 Å². The molecule has 0 spiro atoms. The summed E-state index contributed by atoms with van der Waals surface area (Å²) in [6, 6.07) is 7.48. The van der Waals surface area contributed by atoms with Crippen molar-refractivity contribution in [1.82, 2.24) is 10.2 Å².